The molecule has 0 aliphatic rings. The van der Waals surface area contributed by atoms with Crippen molar-refractivity contribution in [1.82, 2.24) is 4.98 Å². The third kappa shape index (κ3) is 3.06. The lowest BCUT2D eigenvalue weighted by Gasteiger charge is -2.13. The Balaban J connectivity index is 2.11. The summed E-state index contributed by atoms with van der Waals surface area (Å²) in [7, 11) is 0. The van der Waals surface area contributed by atoms with Crippen molar-refractivity contribution in [3.8, 4) is 5.75 Å². The van der Waals surface area contributed by atoms with Crippen LogP contribution in [0.1, 0.15) is 30.9 Å². The van der Waals surface area contributed by atoms with Crippen molar-refractivity contribution >= 4 is 0 Å². The molecular weight excluding hydrogens is 229 g/mol. The lowest BCUT2D eigenvalue weighted by Crippen LogP contribution is -2.00. The molecule has 0 saturated heterocycles. The molecule has 0 N–H and O–H groups in total. The van der Waals surface area contributed by atoms with Crippen LogP contribution in [0.15, 0.2) is 42.7 Å². The summed E-state index contributed by atoms with van der Waals surface area (Å²) >= 11 is 0. The molecule has 2 aromatic rings. The number of para-hydroxylation sites is 1. The van der Waals surface area contributed by atoms with Crippen LogP contribution < -0.4 is 4.74 Å². The van der Waals surface area contributed by atoms with Gasteiger partial charge in [0.25, 0.3) is 0 Å². The molecule has 1 aromatic carbocycles. The van der Waals surface area contributed by atoms with Gasteiger partial charge in [-0.3, -0.25) is 4.98 Å². The minimum Gasteiger partial charge on any atom is -0.489 e. The zero-order valence-electron chi connectivity index (χ0n) is 10.6. The number of benzene rings is 1. The molecule has 0 spiro atoms. The molecule has 0 aliphatic carbocycles. The van der Waals surface area contributed by atoms with Crippen molar-refractivity contribution in [3.63, 3.8) is 0 Å². The van der Waals surface area contributed by atoms with Gasteiger partial charge in [-0.15, -0.1) is 0 Å². The van der Waals surface area contributed by atoms with Crippen LogP contribution in [0.25, 0.3) is 0 Å². The second kappa shape index (κ2) is 5.63. The Hall–Kier alpha value is -1.90. The van der Waals surface area contributed by atoms with E-state index in [1.165, 1.54) is 12.3 Å². The van der Waals surface area contributed by atoms with E-state index < -0.39 is 0 Å². The van der Waals surface area contributed by atoms with Crippen LogP contribution in [-0.2, 0) is 6.61 Å². The highest BCUT2D eigenvalue weighted by atomic mass is 19.1. The number of ether oxygens (including phenoxy) is 1. The summed E-state index contributed by atoms with van der Waals surface area (Å²) in [6.07, 6.45) is 2.80. The summed E-state index contributed by atoms with van der Waals surface area (Å²) < 4.78 is 18.7. The molecule has 1 heterocycles. The molecule has 18 heavy (non-hydrogen) atoms. The second-order valence-electron chi connectivity index (χ2n) is 4.49. The molecule has 2 rings (SSSR count). The predicted molar refractivity (Wildman–Crippen MR) is 69.1 cm³/mol. The van der Waals surface area contributed by atoms with Gasteiger partial charge in [-0.1, -0.05) is 32.0 Å². The molecule has 2 nitrogen and oxygen atoms in total. The van der Waals surface area contributed by atoms with Crippen molar-refractivity contribution in [3.05, 3.63) is 59.7 Å². The zero-order chi connectivity index (χ0) is 13.0. The first-order valence-corrected chi connectivity index (χ1v) is 5.98. The van der Waals surface area contributed by atoms with Crippen LogP contribution in [0.5, 0.6) is 5.75 Å². The molecule has 1 aromatic heterocycles. The fourth-order valence-corrected chi connectivity index (χ4v) is 1.78. The normalized spacial score (nSPS) is 10.7. The first-order valence-electron chi connectivity index (χ1n) is 5.98. The number of hydrogen-bond acceptors (Lipinski definition) is 2. The standard InChI is InChI=1S/C15H16FNO/c1-11(2)14-5-3-4-6-15(14)18-10-12-7-13(16)9-17-8-12/h3-9,11H,10H2,1-2H3. The maximum Gasteiger partial charge on any atom is 0.141 e. The monoisotopic (exact) mass is 245 g/mol. The first kappa shape index (κ1) is 12.6. The number of hydrogen-bond donors (Lipinski definition) is 0. The van der Waals surface area contributed by atoms with Crippen molar-refractivity contribution in [2.75, 3.05) is 0 Å². The summed E-state index contributed by atoms with van der Waals surface area (Å²) in [5, 5.41) is 0. The Bertz CT molecular complexity index is 525. The maximum absolute atomic E-state index is 13.0. The van der Waals surface area contributed by atoms with Crippen LogP contribution in [0, 0.1) is 5.82 Å². The number of halogens is 1. The van der Waals surface area contributed by atoms with E-state index in [0.717, 1.165) is 16.9 Å². The minimum absolute atomic E-state index is 0.328. The van der Waals surface area contributed by atoms with Crippen molar-refractivity contribution < 1.29 is 9.13 Å². The summed E-state index contributed by atoms with van der Waals surface area (Å²) in [6, 6.07) is 9.34. The van der Waals surface area contributed by atoms with E-state index in [2.05, 4.69) is 18.8 Å². The van der Waals surface area contributed by atoms with E-state index in [4.69, 9.17) is 4.74 Å². The quantitative estimate of drug-likeness (QED) is 0.814. The van der Waals surface area contributed by atoms with E-state index in [1.54, 1.807) is 6.20 Å². The molecule has 3 heteroatoms. The van der Waals surface area contributed by atoms with Gasteiger partial charge in [-0.05, 0) is 23.6 Å². The molecule has 0 unspecified atom stereocenters. The summed E-state index contributed by atoms with van der Waals surface area (Å²) in [6.45, 7) is 4.56. The van der Waals surface area contributed by atoms with Crippen LogP contribution >= 0.6 is 0 Å². The fraction of sp³-hybridized carbons (Fsp3) is 0.267. The van der Waals surface area contributed by atoms with Crippen molar-refractivity contribution in [1.29, 1.82) is 0 Å². The smallest absolute Gasteiger partial charge is 0.141 e. The highest BCUT2D eigenvalue weighted by Crippen LogP contribution is 2.26. The topological polar surface area (TPSA) is 22.1 Å². The third-order valence-electron chi connectivity index (χ3n) is 2.70. The van der Waals surface area contributed by atoms with E-state index in [0.29, 0.717) is 12.5 Å². The van der Waals surface area contributed by atoms with Gasteiger partial charge >= 0.3 is 0 Å². The zero-order valence-corrected chi connectivity index (χ0v) is 10.6. The van der Waals surface area contributed by atoms with E-state index in [9.17, 15) is 4.39 Å². The molecule has 0 saturated carbocycles. The van der Waals surface area contributed by atoms with Gasteiger partial charge in [0.15, 0.2) is 0 Å². The summed E-state index contributed by atoms with van der Waals surface area (Å²) in [4.78, 5) is 3.80. The number of rotatable bonds is 4. The first-order chi connectivity index (χ1) is 8.66. The van der Waals surface area contributed by atoms with Crippen LogP contribution in [0.3, 0.4) is 0 Å². The maximum atomic E-state index is 13.0. The second-order valence-corrected chi connectivity index (χ2v) is 4.49. The molecule has 0 fully saturated rings. The Morgan fingerprint density at radius 1 is 1.22 bits per heavy atom. The SMILES string of the molecule is CC(C)c1ccccc1OCc1cncc(F)c1. The number of pyridine rings is 1. The van der Waals surface area contributed by atoms with Crippen molar-refractivity contribution in [2.45, 2.75) is 26.4 Å². The Morgan fingerprint density at radius 2 is 2.00 bits per heavy atom. The molecule has 94 valence electrons. The van der Waals surface area contributed by atoms with Gasteiger partial charge in [-0.2, -0.15) is 0 Å². The van der Waals surface area contributed by atoms with Gasteiger partial charge in [-0.25, -0.2) is 4.39 Å². The van der Waals surface area contributed by atoms with E-state index >= 15 is 0 Å². The average molecular weight is 245 g/mol. The van der Waals surface area contributed by atoms with Crippen molar-refractivity contribution in [2.24, 2.45) is 0 Å². The third-order valence-corrected chi connectivity index (χ3v) is 2.70. The van der Waals surface area contributed by atoms with Gasteiger partial charge in [0.1, 0.15) is 18.2 Å². The molecule has 0 bridgehead atoms. The van der Waals surface area contributed by atoms with Gasteiger partial charge in [0, 0.05) is 11.8 Å². The van der Waals surface area contributed by atoms with Crippen LogP contribution in [-0.4, -0.2) is 4.98 Å². The van der Waals surface area contributed by atoms with Gasteiger partial charge in [0.2, 0.25) is 0 Å². The van der Waals surface area contributed by atoms with Crippen LogP contribution in [0.2, 0.25) is 0 Å². The number of nitrogens with zero attached hydrogens (tertiary/aromatic N) is 1. The Labute approximate surface area is 106 Å². The summed E-state index contributed by atoms with van der Waals surface area (Å²) in [5.41, 5.74) is 1.88. The van der Waals surface area contributed by atoms with E-state index in [-0.39, 0.29) is 5.82 Å². The molecule has 0 amide bonds. The van der Waals surface area contributed by atoms with Crippen LogP contribution in [0.4, 0.5) is 4.39 Å². The molecule has 0 radical (unpaired) electrons. The lowest BCUT2D eigenvalue weighted by molar-refractivity contribution is 0.300. The largest absolute Gasteiger partial charge is 0.489 e. The van der Waals surface area contributed by atoms with Gasteiger partial charge in [0.05, 0.1) is 6.20 Å². The highest BCUT2D eigenvalue weighted by Gasteiger charge is 2.07. The average Bonchev–Trinajstić information content (AvgIpc) is 2.37. The van der Waals surface area contributed by atoms with E-state index in [1.807, 2.05) is 24.3 Å². The molecule has 0 aliphatic heterocycles. The Morgan fingerprint density at radius 3 is 2.72 bits per heavy atom. The Kier molecular flexibility index (Phi) is 3.92. The predicted octanol–water partition coefficient (Wildman–Crippen LogP) is 3.92. The van der Waals surface area contributed by atoms with Gasteiger partial charge < -0.3 is 4.74 Å². The highest BCUT2D eigenvalue weighted by molar-refractivity contribution is 5.35. The number of aromatic nitrogens is 1. The molecule has 0 atom stereocenters. The minimum atomic E-state index is -0.340. The lowest BCUT2D eigenvalue weighted by atomic mass is 10.0. The molecular formula is C15H16FNO. The summed E-state index contributed by atoms with van der Waals surface area (Å²) in [5.74, 6) is 0.900. The fourth-order valence-electron chi connectivity index (χ4n) is 1.78.